The van der Waals surface area contributed by atoms with E-state index in [1.54, 1.807) is 48.5 Å². The van der Waals surface area contributed by atoms with Gasteiger partial charge in [0.05, 0.1) is 18.3 Å². The number of carboxylic acid groups (broad SMARTS) is 1. The quantitative estimate of drug-likeness (QED) is 0.493. The highest BCUT2D eigenvalue weighted by atomic mass is 16.7. The first-order valence-electron chi connectivity index (χ1n) is 7.33. The first-order chi connectivity index (χ1) is 9.56. The van der Waals surface area contributed by atoms with Crippen molar-refractivity contribution in [2.75, 3.05) is 0 Å². The molecule has 0 fully saturated rings. The number of rotatable bonds is 10. The van der Waals surface area contributed by atoms with Crippen molar-refractivity contribution >= 4 is 11.8 Å². The molecule has 0 radical (unpaired) electrons. The third-order valence-corrected chi connectivity index (χ3v) is 2.68. The van der Waals surface area contributed by atoms with E-state index in [-0.39, 0.29) is 18.6 Å². The Labute approximate surface area is 126 Å². The Kier molecular flexibility index (Phi) is 8.06. The molecule has 1 N–H and O–H groups in total. The summed E-state index contributed by atoms with van der Waals surface area (Å²) in [5.41, 5.74) is -1.96. The number of Topliss-reactive ketones (excluding diaryl/α,β-unsaturated/α-hetero) is 1. The number of carboxylic acids is 1. The number of ketones is 1. The van der Waals surface area contributed by atoms with Crippen LogP contribution in [0.5, 0.6) is 0 Å². The molecule has 0 saturated heterocycles. The van der Waals surface area contributed by atoms with Crippen LogP contribution in [-0.2, 0) is 23.8 Å². The molecule has 0 bridgehead atoms. The summed E-state index contributed by atoms with van der Waals surface area (Å²) in [4.78, 5) is 24.3. The Morgan fingerprint density at radius 1 is 0.952 bits per heavy atom. The summed E-state index contributed by atoms with van der Waals surface area (Å²) in [7, 11) is 0. The van der Waals surface area contributed by atoms with Gasteiger partial charge in [0, 0.05) is 0 Å². The van der Waals surface area contributed by atoms with Crippen molar-refractivity contribution in [2.45, 2.75) is 85.1 Å². The number of carbonyl (C=O) groups is 2. The molecule has 0 aliphatic heterocycles. The molecule has 124 valence electrons. The highest BCUT2D eigenvalue weighted by Gasteiger charge is 2.50. The Hall–Kier alpha value is -0.980. The van der Waals surface area contributed by atoms with Gasteiger partial charge in [-0.15, -0.1) is 0 Å². The third-order valence-electron chi connectivity index (χ3n) is 2.68. The van der Waals surface area contributed by atoms with Gasteiger partial charge < -0.3 is 19.3 Å². The normalized spacial score (nSPS) is 15.0. The molecule has 0 aliphatic carbocycles. The first-order valence-corrected chi connectivity index (χ1v) is 7.33. The molecule has 0 amide bonds. The molecule has 1 atom stereocenters. The fraction of sp³-hybridized carbons (Fsp3) is 0.867. The van der Waals surface area contributed by atoms with Crippen molar-refractivity contribution < 1.29 is 28.9 Å². The van der Waals surface area contributed by atoms with E-state index >= 15 is 0 Å². The highest BCUT2D eigenvalue weighted by molar-refractivity contribution is 6.08. The van der Waals surface area contributed by atoms with E-state index in [2.05, 4.69) is 0 Å². The van der Waals surface area contributed by atoms with Crippen molar-refractivity contribution in [3.63, 3.8) is 0 Å². The van der Waals surface area contributed by atoms with Crippen LogP contribution in [0.25, 0.3) is 0 Å². The molecule has 0 aliphatic rings. The standard InChI is InChI=1S/C15H28O6/c1-8-15(14(17)18,21-11(6)7)12(16)13(19-9(2)3)20-10(4)5/h9-11,13H,8H2,1-7H3,(H,17,18). The van der Waals surface area contributed by atoms with Gasteiger partial charge in [-0.25, -0.2) is 4.79 Å². The van der Waals surface area contributed by atoms with Crippen LogP contribution < -0.4 is 0 Å². The Morgan fingerprint density at radius 2 is 1.38 bits per heavy atom. The Balaban J connectivity index is 5.51. The van der Waals surface area contributed by atoms with Gasteiger partial charge in [0.2, 0.25) is 17.7 Å². The summed E-state index contributed by atoms with van der Waals surface area (Å²) in [6.07, 6.45) is -2.23. The maximum Gasteiger partial charge on any atom is 0.344 e. The van der Waals surface area contributed by atoms with Crippen LogP contribution in [0.4, 0.5) is 0 Å². The lowest BCUT2D eigenvalue weighted by molar-refractivity contribution is -0.215. The molecular weight excluding hydrogens is 276 g/mol. The lowest BCUT2D eigenvalue weighted by Gasteiger charge is -2.33. The molecule has 6 nitrogen and oxygen atoms in total. The van der Waals surface area contributed by atoms with Crippen LogP contribution in [0.2, 0.25) is 0 Å². The Bertz CT molecular complexity index is 340. The molecule has 0 rings (SSSR count). The zero-order chi connectivity index (χ0) is 16.8. The SMILES string of the molecule is CCC(OC(C)C)(C(=O)O)C(=O)C(OC(C)C)OC(C)C. The van der Waals surface area contributed by atoms with Gasteiger partial charge in [0.25, 0.3) is 0 Å². The average Bonchev–Trinajstić information content (AvgIpc) is 2.32. The first kappa shape index (κ1) is 20.0. The lowest BCUT2D eigenvalue weighted by Crippen LogP contribution is -2.56. The van der Waals surface area contributed by atoms with Crippen molar-refractivity contribution in [1.29, 1.82) is 0 Å². The molecule has 0 spiro atoms. The largest absolute Gasteiger partial charge is 0.479 e. The minimum atomic E-state index is -1.96. The van der Waals surface area contributed by atoms with Crippen molar-refractivity contribution in [3.8, 4) is 0 Å². The van der Waals surface area contributed by atoms with Crippen LogP contribution in [0.15, 0.2) is 0 Å². The molecule has 0 saturated carbocycles. The van der Waals surface area contributed by atoms with Crippen LogP contribution >= 0.6 is 0 Å². The highest BCUT2D eigenvalue weighted by Crippen LogP contribution is 2.24. The second kappa shape index (κ2) is 8.46. The summed E-state index contributed by atoms with van der Waals surface area (Å²) in [6.45, 7) is 12.0. The predicted molar refractivity (Wildman–Crippen MR) is 78.1 cm³/mol. The van der Waals surface area contributed by atoms with E-state index in [4.69, 9.17) is 14.2 Å². The zero-order valence-corrected chi connectivity index (χ0v) is 14.0. The monoisotopic (exact) mass is 304 g/mol. The topological polar surface area (TPSA) is 82.1 Å². The van der Waals surface area contributed by atoms with Gasteiger partial charge in [0.1, 0.15) is 0 Å². The maximum atomic E-state index is 12.7. The van der Waals surface area contributed by atoms with Gasteiger partial charge >= 0.3 is 5.97 Å². The van der Waals surface area contributed by atoms with Gasteiger partial charge in [-0.1, -0.05) is 6.92 Å². The smallest absolute Gasteiger partial charge is 0.344 e. The number of carbonyl (C=O) groups excluding carboxylic acids is 1. The van der Waals surface area contributed by atoms with Crippen LogP contribution in [0.3, 0.4) is 0 Å². The summed E-state index contributed by atoms with van der Waals surface area (Å²) < 4.78 is 16.3. The molecule has 0 aromatic heterocycles. The number of hydrogen-bond acceptors (Lipinski definition) is 5. The van der Waals surface area contributed by atoms with E-state index in [0.29, 0.717) is 0 Å². The van der Waals surface area contributed by atoms with Gasteiger partial charge in [0.15, 0.2) is 0 Å². The summed E-state index contributed by atoms with van der Waals surface area (Å²) in [6, 6.07) is 0. The minimum absolute atomic E-state index is 0.00123. The number of aliphatic carboxylic acids is 1. The van der Waals surface area contributed by atoms with Gasteiger partial charge in [-0.3, -0.25) is 4.79 Å². The summed E-state index contributed by atoms with van der Waals surface area (Å²) in [5.74, 6) is -2.04. The van der Waals surface area contributed by atoms with E-state index in [9.17, 15) is 14.7 Å². The lowest BCUT2D eigenvalue weighted by atomic mass is 9.93. The van der Waals surface area contributed by atoms with Crippen molar-refractivity contribution in [1.82, 2.24) is 0 Å². The Morgan fingerprint density at radius 3 is 1.62 bits per heavy atom. The fourth-order valence-corrected chi connectivity index (χ4v) is 1.87. The molecule has 6 heteroatoms. The molecule has 21 heavy (non-hydrogen) atoms. The average molecular weight is 304 g/mol. The molecule has 0 aromatic carbocycles. The fourth-order valence-electron chi connectivity index (χ4n) is 1.87. The summed E-state index contributed by atoms with van der Waals surface area (Å²) >= 11 is 0. The van der Waals surface area contributed by atoms with E-state index in [1.807, 2.05) is 0 Å². The van der Waals surface area contributed by atoms with Gasteiger partial charge in [-0.2, -0.15) is 0 Å². The van der Waals surface area contributed by atoms with Crippen LogP contribution in [0.1, 0.15) is 54.9 Å². The van der Waals surface area contributed by atoms with Crippen LogP contribution in [0, 0.1) is 0 Å². The van der Waals surface area contributed by atoms with E-state index in [0.717, 1.165) is 0 Å². The molecule has 0 heterocycles. The number of hydrogen-bond donors (Lipinski definition) is 1. The molecule has 0 aromatic rings. The molecular formula is C15H28O6. The maximum absolute atomic E-state index is 12.7. The third kappa shape index (κ3) is 5.73. The predicted octanol–water partition coefficient (Wildman–Crippen LogP) is 2.39. The van der Waals surface area contributed by atoms with Crippen LogP contribution in [-0.4, -0.2) is 47.1 Å². The van der Waals surface area contributed by atoms with E-state index in [1.165, 1.54) is 0 Å². The van der Waals surface area contributed by atoms with Crippen molar-refractivity contribution in [2.24, 2.45) is 0 Å². The second-order valence-electron chi connectivity index (χ2n) is 5.72. The van der Waals surface area contributed by atoms with E-state index < -0.39 is 29.7 Å². The molecule has 1 unspecified atom stereocenters. The van der Waals surface area contributed by atoms with Gasteiger partial charge in [-0.05, 0) is 48.0 Å². The summed E-state index contributed by atoms with van der Waals surface area (Å²) in [5, 5.41) is 9.50. The number of ether oxygens (including phenoxy) is 3. The minimum Gasteiger partial charge on any atom is -0.479 e. The van der Waals surface area contributed by atoms with Crippen molar-refractivity contribution in [3.05, 3.63) is 0 Å². The second-order valence-corrected chi connectivity index (χ2v) is 5.72. The zero-order valence-electron chi connectivity index (χ0n) is 14.0.